The van der Waals surface area contributed by atoms with E-state index >= 15 is 0 Å². The van der Waals surface area contributed by atoms with Gasteiger partial charge in [-0.3, -0.25) is 0 Å². The van der Waals surface area contributed by atoms with Gasteiger partial charge in [-0.15, -0.1) is 0 Å². The highest BCUT2D eigenvalue weighted by atomic mass is 28.2. The van der Waals surface area contributed by atoms with Crippen LogP contribution in [0.25, 0.3) is 6.08 Å². The zero-order valence-corrected chi connectivity index (χ0v) is 8.64. The molecule has 0 aliphatic heterocycles. The van der Waals surface area contributed by atoms with Crippen LogP contribution >= 0.6 is 0 Å². The highest BCUT2D eigenvalue weighted by Gasteiger charge is 2.19. The summed E-state index contributed by atoms with van der Waals surface area (Å²) in [4.78, 5) is 0. The van der Waals surface area contributed by atoms with E-state index in [1.165, 1.54) is 16.3 Å². The van der Waals surface area contributed by atoms with Gasteiger partial charge in [-0.2, -0.15) is 0 Å². The molecule has 0 spiro atoms. The molecule has 2 rings (SSSR count). The molecule has 0 unspecified atom stereocenters. The van der Waals surface area contributed by atoms with Gasteiger partial charge in [-0.25, -0.2) is 0 Å². The topological polar surface area (TPSA) is 13.1 Å². The molecule has 0 saturated heterocycles. The lowest BCUT2D eigenvalue weighted by atomic mass is 10.3. The van der Waals surface area contributed by atoms with E-state index in [1.807, 2.05) is 6.07 Å². The van der Waals surface area contributed by atoms with Crippen molar-refractivity contribution in [1.82, 2.24) is 0 Å². The van der Waals surface area contributed by atoms with Crippen molar-refractivity contribution in [3.05, 3.63) is 29.2 Å². The fourth-order valence-electron chi connectivity index (χ4n) is 1.74. The van der Waals surface area contributed by atoms with E-state index in [1.54, 1.807) is 6.26 Å². The molecule has 0 fully saturated rings. The van der Waals surface area contributed by atoms with E-state index in [-0.39, 0.29) is 8.41 Å². The maximum Gasteiger partial charge on any atom is 0.136 e. The summed E-state index contributed by atoms with van der Waals surface area (Å²) < 4.78 is 5.46. The van der Waals surface area contributed by atoms with Crippen molar-refractivity contribution in [2.24, 2.45) is 0 Å². The molecule has 1 nitrogen and oxygen atoms in total. The smallest absolute Gasteiger partial charge is 0.136 e. The number of fused-ring (bicyclic) bond motifs is 1. The van der Waals surface area contributed by atoms with Gasteiger partial charge in [0.15, 0.2) is 0 Å². The molecule has 2 heteroatoms. The summed E-state index contributed by atoms with van der Waals surface area (Å²) in [5.74, 6) is 1.12. The van der Waals surface area contributed by atoms with Gasteiger partial charge in [0.2, 0.25) is 0 Å². The van der Waals surface area contributed by atoms with Gasteiger partial charge in [0.25, 0.3) is 0 Å². The first kappa shape index (κ1) is 7.74. The van der Waals surface area contributed by atoms with Crippen LogP contribution in [0.3, 0.4) is 0 Å². The molecule has 1 aromatic rings. The quantitative estimate of drug-likeness (QED) is 0.554. The third-order valence-corrected chi connectivity index (χ3v) is 3.81. The van der Waals surface area contributed by atoms with Crippen LogP contribution in [-0.2, 0) is 0 Å². The minimum absolute atomic E-state index is 0.388. The Bertz CT molecular complexity index is 378. The lowest BCUT2D eigenvalue weighted by Gasteiger charge is -2.01. The molecular formula is C10H12OSi. The van der Waals surface area contributed by atoms with Gasteiger partial charge >= 0.3 is 0 Å². The normalized spacial score (nSPS) is 14.6. The zero-order valence-electron chi connectivity index (χ0n) is 7.64. The Morgan fingerprint density at radius 1 is 1.33 bits per heavy atom. The van der Waals surface area contributed by atoms with Crippen molar-refractivity contribution < 1.29 is 4.42 Å². The molecule has 0 N–H and O–H groups in total. The van der Waals surface area contributed by atoms with Crippen molar-refractivity contribution in [2.75, 3.05) is 0 Å². The van der Waals surface area contributed by atoms with Gasteiger partial charge in [0.1, 0.15) is 5.76 Å². The van der Waals surface area contributed by atoms with Crippen molar-refractivity contribution in [2.45, 2.75) is 20.0 Å². The highest BCUT2D eigenvalue weighted by Crippen LogP contribution is 2.25. The Morgan fingerprint density at radius 3 is 2.75 bits per heavy atom. The summed E-state index contributed by atoms with van der Waals surface area (Å²) in [6.07, 6.45) is 3.99. The van der Waals surface area contributed by atoms with E-state index < -0.39 is 0 Å². The van der Waals surface area contributed by atoms with E-state index in [0.717, 1.165) is 5.76 Å². The summed E-state index contributed by atoms with van der Waals surface area (Å²) in [5, 5.41) is 1.46. The third-order valence-electron chi connectivity index (χ3n) is 2.19. The Kier molecular flexibility index (Phi) is 1.65. The van der Waals surface area contributed by atoms with E-state index in [4.69, 9.17) is 4.42 Å². The van der Waals surface area contributed by atoms with Crippen molar-refractivity contribution >= 4 is 19.7 Å². The molecule has 1 heterocycles. The van der Waals surface area contributed by atoms with E-state index in [0.29, 0.717) is 0 Å². The molecule has 0 atom stereocenters. The Hall–Kier alpha value is -0.893. The first-order chi connectivity index (χ1) is 5.70. The van der Waals surface area contributed by atoms with Crippen LogP contribution in [0.5, 0.6) is 0 Å². The van der Waals surface area contributed by atoms with Crippen molar-refractivity contribution in [3.63, 3.8) is 0 Å². The third kappa shape index (κ3) is 0.949. The minimum atomic E-state index is -0.388. The predicted molar refractivity (Wildman–Crippen MR) is 54.0 cm³/mol. The number of rotatable bonds is 0. The van der Waals surface area contributed by atoms with Crippen LogP contribution < -0.4 is 0 Å². The maximum atomic E-state index is 5.46. The molecule has 62 valence electrons. The van der Waals surface area contributed by atoms with Crippen molar-refractivity contribution in [1.29, 1.82) is 0 Å². The second-order valence-corrected chi connectivity index (χ2v) is 5.91. The second kappa shape index (κ2) is 2.56. The minimum Gasteiger partial charge on any atom is -0.464 e. The number of allylic oxidation sites excluding steroid dienone is 1. The first-order valence-corrected chi connectivity index (χ1v) is 6.64. The Morgan fingerprint density at radius 2 is 2.08 bits per heavy atom. The second-order valence-electron chi connectivity index (χ2n) is 3.41. The fourth-order valence-corrected chi connectivity index (χ4v) is 3.26. The lowest BCUT2D eigenvalue weighted by molar-refractivity contribution is 0.559. The van der Waals surface area contributed by atoms with Gasteiger partial charge in [0, 0.05) is 14.0 Å². The number of furan rings is 1. The standard InChI is InChI=1S/C10H12OSi/c1-7-6-8-4-5-11-9(8)10(7)12(2)3/h4-6H,1-3H3. The molecule has 1 aliphatic rings. The summed E-state index contributed by atoms with van der Waals surface area (Å²) in [6, 6.07) is 2.04. The van der Waals surface area contributed by atoms with E-state index in [9.17, 15) is 0 Å². The van der Waals surface area contributed by atoms with Crippen LogP contribution in [-0.4, -0.2) is 13.6 Å². The largest absolute Gasteiger partial charge is 0.464 e. The van der Waals surface area contributed by atoms with Crippen LogP contribution in [0.4, 0.5) is 0 Å². The van der Waals surface area contributed by atoms with Gasteiger partial charge in [-0.05, 0) is 29.8 Å². The molecular weight excluding hydrogens is 164 g/mol. The Labute approximate surface area is 73.9 Å². The average Bonchev–Trinajstić information content (AvgIpc) is 2.44. The SMILES string of the molecule is CC1=Cc2ccoc2C1=[Si](C)C. The van der Waals surface area contributed by atoms with Crippen LogP contribution in [0, 0.1) is 0 Å². The van der Waals surface area contributed by atoms with Crippen LogP contribution in [0.1, 0.15) is 18.2 Å². The summed E-state index contributed by atoms with van der Waals surface area (Å²) in [5.41, 5.74) is 2.65. The molecule has 0 aromatic carbocycles. The van der Waals surface area contributed by atoms with E-state index in [2.05, 4.69) is 26.1 Å². The molecule has 1 aliphatic carbocycles. The highest BCUT2D eigenvalue weighted by molar-refractivity contribution is 6.75. The van der Waals surface area contributed by atoms with Crippen LogP contribution in [0.15, 0.2) is 22.3 Å². The lowest BCUT2D eigenvalue weighted by Crippen LogP contribution is -2.09. The molecule has 1 aromatic heterocycles. The van der Waals surface area contributed by atoms with Gasteiger partial charge in [0.05, 0.1) is 6.26 Å². The fraction of sp³-hybridized carbons (Fsp3) is 0.300. The maximum absolute atomic E-state index is 5.46. The van der Waals surface area contributed by atoms with Gasteiger partial charge in [-0.1, -0.05) is 13.1 Å². The average molecular weight is 176 g/mol. The summed E-state index contributed by atoms with van der Waals surface area (Å²) in [6.45, 7) is 6.77. The van der Waals surface area contributed by atoms with Crippen LogP contribution in [0.2, 0.25) is 13.1 Å². The molecule has 0 bridgehead atoms. The summed E-state index contributed by atoms with van der Waals surface area (Å²) in [7, 11) is -0.388. The molecule has 0 saturated carbocycles. The molecule has 0 radical (unpaired) electrons. The zero-order chi connectivity index (χ0) is 8.72. The Balaban J connectivity index is 2.68. The van der Waals surface area contributed by atoms with Gasteiger partial charge < -0.3 is 4.42 Å². The molecule has 0 amide bonds. The summed E-state index contributed by atoms with van der Waals surface area (Å²) >= 11 is 0. The number of hydrogen-bond donors (Lipinski definition) is 0. The van der Waals surface area contributed by atoms with Crippen molar-refractivity contribution in [3.8, 4) is 0 Å². The first-order valence-electron chi connectivity index (χ1n) is 4.14. The number of hydrogen-bond acceptors (Lipinski definition) is 1. The predicted octanol–water partition coefficient (Wildman–Crippen LogP) is 2.55. The monoisotopic (exact) mass is 176 g/mol. The molecule has 12 heavy (non-hydrogen) atoms.